The van der Waals surface area contributed by atoms with E-state index < -0.39 is 8.32 Å². The molecule has 0 radical (unpaired) electrons. The third-order valence-corrected chi connectivity index (χ3v) is 10.4. The van der Waals surface area contributed by atoms with Crippen LogP contribution >= 0.6 is 0 Å². The lowest BCUT2D eigenvalue weighted by Gasteiger charge is -2.39. The monoisotopic (exact) mass is 414 g/mol. The summed E-state index contributed by atoms with van der Waals surface area (Å²) in [6, 6.07) is 18.7. The first kappa shape index (κ1) is 23.7. The second kappa shape index (κ2) is 11.0. The van der Waals surface area contributed by atoms with Gasteiger partial charge in [0, 0.05) is 12.7 Å². The summed E-state index contributed by atoms with van der Waals surface area (Å²) < 4.78 is 17.9. The second-order valence-electron chi connectivity index (χ2n) is 9.21. The number of benzene rings is 2. The average Bonchev–Trinajstić information content (AvgIpc) is 2.69. The van der Waals surface area contributed by atoms with Crippen molar-refractivity contribution in [3.63, 3.8) is 0 Å². The molecule has 0 N–H and O–H groups in total. The maximum Gasteiger partial charge on any atom is 0.192 e. The van der Waals surface area contributed by atoms with Crippen LogP contribution in [0.2, 0.25) is 18.1 Å². The summed E-state index contributed by atoms with van der Waals surface area (Å²) in [6.07, 6.45) is 3.23. The Morgan fingerprint density at radius 2 is 1.52 bits per heavy atom. The molecule has 0 aliphatic rings. The standard InChI is InChI=1S/C25H38O3Si/c1-25(2,3)29(5,6)28-24(17-12-21-10-8-7-9-11-21)18-19-27-20-22-13-15-23(26-4)16-14-22/h7-11,13-16,24H,12,17-20H2,1-6H3/t24-/m0/s1. The second-order valence-corrected chi connectivity index (χ2v) is 14.0. The average molecular weight is 415 g/mol. The van der Waals surface area contributed by atoms with E-state index >= 15 is 0 Å². The van der Waals surface area contributed by atoms with Crippen LogP contribution in [-0.4, -0.2) is 28.1 Å². The minimum Gasteiger partial charge on any atom is -0.497 e. The summed E-state index contributed by atoms with van der Waals surface area (Å²) in [5.74, 6) is 0.873. The summed E-state index contributed by atoms with van der Waals surface area (Å²) in [5.41, 5.74) is 2.53. The highest BCUT2D eigenvalue weighted by molar-refractivity contribution is 6.74. The fraction of sp³-hybridized carbons (Fsp3) is 0.520. The molecule has 0 bridgehead atoms. The Bertz CT molecular complexity index is 705. The highest BCUT2D eigenvalue weighted by atomic mass is 28.4. The van der Waals surface area contributed by atoms with E-state index in [-0.39, 0.29) is 11.1 Å². The van der Waals surface area contributed by atoms with Crippen LogP contribution < -0.4 is 4.74 Å². The van der Waals surface area contributed by atoms with Gasteiger partial charge in [0.1, 0.15) is 5.75 Å². The molecule has 160 valence electrons. The molecule has 0 aliphatic carbocycles. The van der Waals surface area contributed by atoms with E-state index in [4.69, 9.17) is 13.9 Å². The molecule has 0 saturated carbocycles. The lowest BCUT2D eigenvalue weighted by molar-refractivity contribution is 0.0743. The van der Waals surface area contributed by atoms with Crippen molar-refractivity contribution in [1.29, 1.82) is 0 Å². The summed E-state index contributed by atoms with van der Waals surface area (Å²) in [6.45, 7) is 12.9. The van der Waals surface area contributed by atoms with Gasteiger partial charge in [-0.2, -0.15) is 0 Å². The number of hydrogen-bond donors (Lipinski definition) is 0. The maximum atomic E-state index is 6.75. The van der Waals surface area contributed by atoms with Crippen molar-refractivity contribution in [3.05, 3.63) is 65.7 Å². The number of ether oxygens (including phenoxy) is 2. The molecule has 2 rings (SSSR count). The maximum absolute atomic E-state index is 6.75. The molecule has 0 fully saturated rings. The molecular weight excluding hydrogens is 376 g/mol. The Hall–Kier alpha value is -1.62. The number of hydrogen-bond acceptors (Lipinski definition) is 3. The van der Waals surface area contributed by atoms with E-state index in [0.29, 0.717) is 13.2 Å². The highest BCUT2D eigenvalue weighted by Crippen LogP contribution is 2.38. The molecule has 0 heterocycles. The Morgan fingerprint density at radius 3 is 2.10 bits per heavy atom. The Labute approximate surface area is 178 Å². The van der Waals surface area contributed by atoms with Crippen LogP contribution in [0.15, 0.2) is 54.6 Å². The lowest BCUT2D eigenvalue weighted by atomic mass is 10.1. The van der Waals surface area contributed by atoms with E-state index in [2.05, 4.69) is 76.3 Å². The molecule has 0 aliphatic heterocycles. The van der Waals surface area contributed by atoms with E-state index in [1.807, 2.05) is 12.1 Å². The van der Waals surface area contributed by atoms with Crippen molar-refractivity contribution >= 4 is 8.32 Å². The fourth-order valence-corrected chi connectivity index (χ4v) is 4.38. The first-order valence-corrected chi connectivity index (χ1v) is 13.5. The molecule has 0 saturated heterocycles. The van der Waals surface area contributed by atoms with Crippen LogP contribution in [0.4, 0.5) is 0 Å². The summed E-state index contributed by atoms with van der Waals surface area (Å²) in [7, 11) is -0.126. The van der Waals surface area contributed by atoms with Crippen LogP contribution in [0, 0.1) is 0 Å². The molecule has 2 aromatic carbocycles. The largest absolute Gasteiger partial charge is 0.497 e. The zero-order valence-corrected chi connectivity index (χ0v) is 20.0. The van der Waals surface area contributed by atoms with Gasteiger partial charge in [-0.3, -0.25) is 0 Å². The molecule has 3 nitrogen and oxygen atoms in total. The van der Waals surface area contributed by atoms with Crippen LogP contribution in [0.3, 0.4) is 0 Å². The molecular formula is C25H38O3Si. The number of methoxy groups -OCH3 is 1. The summed E-state index contributed by atoms with van der Waals surface area (Å²) in [5, 5.41) is 0.210. The topological polar surface area (TPSA) is 27.7 Å². The normalized spacial score (nSPS) is 13.3. The number of rotatable bonds is 11. The van der Waals surface area contributed by atoms with Crippen molar-refractivity contribution in [2.75, 3.05) is 13.7 Å². The summed E-state index contributed by atoms with van der Waals surface area (Å²) in [4.78, 5) is 0. The van der Waals surface area contributed by atoms with Crippen molar-refractivity contribution in [2.24, 2.45) is 0 Å². The van der Waals surface area contributed by atoms with E-state index in [1.165, 1.54) is 5.56 Å². The van der Waals surface area contributed by atoms with Gasteiger partial charge >= 0.3 is 0 Å². The van der Waals surface area contributed by atoms with Gasteiger partial charge in [0.15, 0.2) is 8.32 Å². The zero-order chi connectivity index (χ0) is 21.3. The quantitative estimate of drug-likeness (QED) is 0.305. The van der Waals surface area contributed by atoms with Crippen molar-refractivity contribution < 1.29 is 13.9 Å². The smallest absolute Gasteiger partial charge is 0.192 e. The van der Waals surface area contributed by atoms with Gasteiger partial charge in [0.2, 0.25) is 0 Å². The van der Waals surface area contributed by atoms with Crippen molar-refractivity contribution in [1.82, 2.24) is 0 Å². The lowest BCUT2D eigenvalue weighted by Crippen LogP contribution is -2.44. The predicted molar refractivity (Wildman–Crippen MR) is 124 cm³/mol. The zero-order valence-electron chi connectivity index (χ0n) is 19.0. The van der Waals surface area contributed by atoms with Gasteiger partial charge in [-0.1, -0.05) is 63.2 Å². The van der Waals surface area contributed by atoms with E-state index in [9.17, 15) is 0 Å². The minimum absolute atomic E-state index is 0.210. The van der Waals surface area contributed by atoms with Crippen LogP contribution in [0.1, 0.15) is 44.7 Å². The third-order valence-electron chi connectivity index (χ3n) is 5.88. The highest BCUT2D eigenvalue weighted by Gasteiger charge is 2.38. The third kappa shape index (κ3) is 7.96. The number of aryl methyl sites for hydroxylation is 1. The molecule has 0 spiro atoms. The van der Waals surface area contributed by atoms with Gasteiger partial charge in [0.25, 0.3) is 0 Å². The van der Waals surface area contributed by atoms with Crippen LogP contribution in [0.25, 0.3) is 0 Å². The van der Waals surface area contributed by atoms with Gasteiger partial charge in [0.05, 0.1) is 13.7 Å². The molecule has 0 aromatic heterocycles. The van der Waals surface area contributed by atoms with Crippen molar-refractivity contribution in [3.8, 4) is 5.75 Å². The van der Waals surface area contributed by atoms with Gasteiger partial charge in [-0.05, 0) is 60.7 Å². The van der Waals surface area contributed by atoms with Crippen LogP contribution in [-0.2, 0) is 22.2 Å². The van der Waals surface area contributed by atoms with Crippen molar-refractivity contribution in [2.45, 2.75) is 70.9 Å². The van der Waals surface area contributed by atoms with Gasteiger partial charge < -0.3 is 13.9 Å². The molecule has 4 heteroatoms. The van der Waals surface area contributed by atoms with Crippen LogP contribution in [0.5, 0.6) is 5.75 Å². The Kier molecular flexibility index (Phi) is 8.94. The fourth-order valence-electron chi connectivity index (χ4n) is 2.95. The molecule has 0 amide bonds. The predicted octanol–water partition coefficient (Wildman–Crippen LogP) is 6.63. The molecule has 29 heavy (non-hydrogen) atoms. The molecule has 2 aromatic rings. The van der Waals surface area contributed by atoms with E-state index in [1.54, 1.807) is 7.11 Å². The van der Waals surface area contributed by atoms with E-state index in [0.717, 1.165) is 30.6 Å². The molecule has 0 unspecified atom stereocenters. The first-order chi connectivity index (χ1) is 13.7. The molecule has 1 atom stereocenters. The minimum atomic E-state index is -1.81. The van der Waals surface area contributed by atoms with Gasteiger partial charge in [-0.25, -0.2) is 0 Å². The SMILES string of the molecule is COc1ccc(COCC[C@H](CCc2ccccc2)O[Si](C)(C)C(C)(C)C)cc1. The first-order valence-electron chi connectivity index (χ1n) is 10.6. The summed E-state index contributed by atoms with van der Waals surface area (Å²) >= 11 is 0. The Balaban J connectivity index is 1.89. The van der Waals surface area contributed by atoms with Gasteiger partial charge in [-0.15, -0.1) is 0 Å². The Morgan fingerprint density at radius 1 is 0.862 bits per heavy atom.